The van der Waals surface area contributed by atoms with Crippen LogP contribution in [0.25, 0.3) is 0 Å². The Bertz CT molecular complexity index is 534. The molecule has 1 aliphatic carbocycles. The summed E-state index contributed by atoms with van der Waals surface area (Å²) >= 11 is 6.08. The molecule has 3 N–H and O–H groups in total. The zero-order valence-electron chi connectivity index (χ0n) is 12.9. The van der Waals surface area contributed by atoms with E-state index in [0.717, 1.165) is 57.3 Å². The minimum atomic E-state index is -0.523. The number of nitrogens with zero attached hydrogens (tertiary/aromatic N) is 1. The highest BCUT2D eigenvalue weighted by atomic mass is 35.5. The summed E-state index contributed by atoms with van der Waals surface area (Å²) in [6, 6.07) is 7.82. The predicted molar refractivity (Wildman–Crippen MR) is 90.1 cm³/mol. The lowest BCUT2D eigenvalue weighted by Crippen LogP contribution is -2.56. The van der Waals surface area contributed by atoms with E-state index >= 15 is 0 Å². The first-order valence-corrected chi connectivity index (χ1v) is 8.56. The average Bonchev–Trinajstić information content (AvgIpc) is 3.03. The maximum atomic E-state index is 13.1. The Morgan fingerprint density at radius 1 is 1.27 bits per heavy atom. The molecule has 0 unspecified atom stereocenters. The lowest BCUT2D eigenvalue weighted by Gasteiger charge is -2.41. The molecule has 2 fully saturated rings. The number of hydrogen-bond donors (Lipinski definition) is 2. The normalized spacial score (nSPS) is 28.6. The molecule has 1 aromatic carbocycles. The fourth-order valence-electron chi connectivity index (χ4n) is 3.59. The molecule has 2 aliphatic rings. The number of carbonyl (C=O) groups excluding carboxylic acids is 1. The SMILES string of the molecule is NC1CCC(Nc2cccc(Cl)c2)(C(=O)N2CCCC2)CC1. The van der Waals surface area contributed by atoms with Crippen molar-refractivity contribution in [1.29, 1.82) is 0 Å². The van der Waals surface area contributed by atoms with Crippen molar-refractivity contribution in [2.75, 3.05) is 18.4 Å². The van der Waals surface area contributed by atoms with Crippen LogP contribution in [0.1, 0.15) is 38.5 Å². The predicted octanol–water partition coefficient (Wildman–Crippen LogP) is 3.01. The van der Waals surface area contributed by atoms with Gasteiger partial charge in [-0.05, 0) is 56.7 Å². The Morgan fingerprint density at radius 3 is 2.59 bits per heavy atom. The van der Waals surface area contributed by atoms with Crippen LogP contribution in [0.15, 0.2) is 24.3 Å². The van der Waals surface area contributed by atoms with E-state index in [-0.39, 0.29) is 11.9 Å². The molecule has 4 nitrogen and oxygen atoms in total. The lowest BCUT2D eigenvalue weighted by atomic mass is 9.78. The number of anilines is 1. The molecule has 22 heavy (non-hydrogen) atoms. The van der Waals surface area contributed by atoms with Gasteiger partial charge in [-0.1, -0.05) is 17.7 Å². The maximum Gasteiger partial charge on any atom is 0.248 e. The number of likely N-dealkylation sites (tertiary alicyclic amines) is 1. The third kappa shape index (κ3) is 3.23. The van der Waals surface area contributed by atoms with Crippen molar-refractivity contribution >= 4 is 23.2 Å². The second kappa shape index (κ2) is 6.47. The van der Waals surface area contributed by atoms with E-state index in [9.17, 15) is 4.79 Å². The van der Waals surface area contributed by atoms with E-state index in [1.807, 2.05) is 29.2 Å². The van der Waals surface area contributed by atoms with E-state index in [2.05, 4.69) is 5.32 Å². The van der Waals surface area contributed by atoms with Gasteiger partial charge in [-0.25, -0.2) is 0 Å². The van der Waals surface area contributed by atoms with Gasteiger partial charge in [0.15, 0.2) is 0 Å². The number of amides is 1. The highest BCUT2D eigenvalue weighted by molar-refractivity contribution is 6.30. The first-order valence-electron chi connectivity index (χ1n) is 8.18. The molecule has 1 heterocycles. The van der Waals surface area contributed by atoms with Crippen molar-refractivity contribution in [2.24, 2.45) is 5.73 Å². The maximum absolute atomic E-state index is 13.1. The number of hydrogen-bond acceptors (Lipinski definition) is 3. The summed E-state index contributed by atoms with van der Waals surface area (Å²) in [7, 11) is 0. The summed E-state index contributed by atoms with van der Waals surface area (Å²) in [6.45, 7) is 1.76. The molecule has 0 atom stereocenters. The second-order valence-corrected chi connectivity index (χ2v) is 6.99. The van der Waals surface area contributed by atoms with Crippen molar-refractivity contribution in [1.82, 2.24) is 4.90 Å². The number of nitrogens with two attached hydrogens (primary N) is 1. The molecule has 0 aromatic heterocycles. The summed E-state index contributed by atoms with van der Waals surface area (Å²) in [5.74, 6) is 0.233. The van der Waals surface area contributed by atoms with Crippen molar-refractivity contribution in [3.63, 3.8) is 0 Å². The summed E-state index contributed by atoms with van der Waals surface area (Å²) in [4.78, 5) is 15.1. The van der Waals surface area contributed by atoms with E-state index in [0.29, 0.717) is 5.02 Å². The van der Waals surface area contributed by atoms with Crippen LogP contribution in [-0.2, 0) is 4.79 Å². The molecule has 1 aromatic rings. The molecule has 5 heteroatoms. The van der Waals surface area contributed by atoms with E-state index < -0.39 is 5.54 Å². The molecule has 0 radical (unpaired) electrons. The smallest absolute Gasteiger partial charge is 0.248 e. The van der Waals surface area contributed by atoms with Crippen LogP contribution in [-0.4, -0.2) is 35.5 Å². The van der Waals surface area contributed by atoms with Gasteiger partial charge >= 0.3 is 0 Å². The topological polar surface area (TPSA) is 58.4 Å². The van der Waals surface area contributed by atoms with Crippen molar-refractivity contribution in [3.8, 4) is 0 Å². The molecule has 3 rings (SSSR count). The summed E-state index contributed by atoms with van der Waals surface area (Å²) in [6.07, 6.45) is 5.56. The number of halogens is 1. The van der Waals surface area contributed by atoms with Crippen LogP contribution in [0, 0.1) is 0 Å². The average molecular weight is 322 g/mol. The molecule has 0 spiro atoms. The largest absolute Gasteiger partial charge is 0.371 e. The van der Waals surface area contributed by atoms with Crippen LogP contribution >= 0.6 is 11.6 Å². The zero-order chi connectivity index (χ0) is 15.6. The lowest BCUT2D eigenvalue weighted by molar-refractivity contribution is -0.136. The first kappa shape index (κ1) is 15.6. The Balaban J connectivity index is 1.84. The van der Waals surface area contributed by atoms with Crippen molar-refractivity contribution in [3.05, 3.63) is 29.3 Å². The molecule has 1 aliphatic heterocycles. The van der Waals surface area contributed by atoms with Gasteiger partial charge in [-0.3, -0.25) is 4.79 Å². The number of carbonyl (C=O) groups is 1. The van der Waals surface area contributed by atoms with E-state index in [4.69, 9.17) is 17.3 Å². The molecular formula is C17H24ClN3O. The Hall–Kier alpha value is -1.26. The molecular weight excluding hydrogens is 298 g/mol. The summed E-state index contributed by atoms with van der Waals surface area (Å²) < 4.78 is 0. The molecule has 1 saturated carbocycles. The van der Waals surface area contributed by atoms with Crippen LogP contribution in [0.2, 0.25) is 5.02 Å². The second-order valence-electron chi connectivity index (χ2n) is 6.55. The van der Waals surface area contributed by atoms with Gasteiger partial charge in [0.1, 0.15) is 5.54 Å². The quantitative estimate of drug-likeness (QED) is 0.899. The summed E-state index contributed by atoms with van der Waals surface area (Å²) in [5.41, 5.74) is 6.44. The Labute approximate surface area is 137 Å². The van der Waals surface area contributed by atoms with Crippen LogP contribution < -0.4 is 11.1 Å². The fraction of sp³-hybridized carbons (Fsp3) is 0.588. The Kier molecular flexibility index (Phi) is 4.59. The van der Waals surface area contributed by atoms with E-state index in [1.54, 1.807) is 0 Å². The fourth-order valence-corrected chi connectivity index (χ4v) is 3.78. The molecule has 1 amide bonds. The van der Waals surface area contributed by atoms with Crippen LogP contribution in [0.5, 0.6) is 0 Å². The highest BCUT2D eigenvalue weighted by Crippen LogP contribution is 2.34. The summed E-state index contributed by atoms with van der Waals surface area (Å²) in [5, 5.41) is 4.18. The Morgan fingerprint density at radius 2 is 1.95 bits per heavy atom. The van der Waals surface area contributed by atoms with Gasteiger partial charge in [0, 0.05) is 29.8 Å². The zero-order valence-corrected chi connectivity index (χ0v) is 13.6. The van der Waals surface area contributed by atoms with Gasteiger partial charge in [0.25, 0.3) is 0 Å². The van der Waals surface area contributed by atoms with Crippen LogP contribution in [0.3, 0.4) is 0 Å². The van der Waals surface area contributed by atoms with Gasteiger partial charge in [-0.15, -0.1) is 0 Å². The number of nitrogens with one attached hydrogen (secondary N) is 1. The molecule has 120 valence electrons. The third-order valence-corrected chi connectivity index (χ3v) is 5.13. The highest BCUT2D eigenvalue weighted by Gasteiger charge is 2.44. The van der Waals surface area contributed by atoms with Gasteiger partial charge < -0.3 is 16.0 Å². The minimum Gasteiger partial charge on any atom is -0.371 e. The standard InChI is InChI=1S/C17H24ClN3O/c18-13-4-3-5-15(12-13)20-17(8-6-14(19)7-9-17)16(22)21-10-1-2-11-21/h3-5,12,14,20H,1-2,6-11,19H2. The third-order valence-electron chi connectivity index (χ3n) is 4.89. The van der Waals surface area contributed by atoms with Crippen molar-refractivity contribution in [2.45, 2.75) is 50.1 Å². The van der Waals surface area contributed by atoms with Gasteiger partial charge in [-0.2, -0.15) is 0 Å². The van der Waals surface area contributed by atoms with Gasteiger partial charge in [0.2, 0.25) is 5.91 Å². The van der Waals surface area contributed by atoms with Crippen molar-refractivity contribution < 1.29 is 4.79 Å². The molecule has 0 bridgehead atoms. The van der Waals surface area contributed by atoms with Crippen LogP contribution in [0.4, 0.5) is 5.69 Å². The van der Waals surface area contributed by atoms with E-state index in [1.165, 1.54) is 0 Å². The monoisotopic (exact) mass is 321 g/mol. The first-order chi connectivity index (χ1) is 10.6. The minimum absolute atomic E-state index is 0.209. The van der Waals surface area contributed by atoms with Gasteiger partial charge in [0.05, 0.1) is 0 Å². The number of benzene rings is 1. The molecule has 1 saturated heterocycles. The number of rotatable bonds is 3.